The molecule has 76 valence electrons. The molecular formula is C11H21NO. The Morgan fingerprint density at radius 3 is 2.85 bits per heavy atom. The zero-order valence-electron chi connectivity index (χ0n) is 8.34. The average molecular weight is 183 g/mol. The van der Waals surface area contributed by atoms with Gasteiger partial charge in [-0.25, -0.2) is 0 Å². The predicted molar refractivity (Wildman–Crippen MR) is 53.6 cm³/mol. The summed E-state index contributed by atoms with van der Waals surface area (Å²) in [6.07, 6.45) is 7.91. The third-order valence-corrected chi connectivity index (χ3v) is 3.80. The van der Waals surface area contributed by atoms with Gasteiger partial charge in [0.2, 0.25) is 0 Å². The first-order valence-electron chi connectivity index (χ1n) is 5.76. The maximum absolute atomic E-state index is 8.98. The number of piperidine rings is 1. The lowest BCUT2D eigenvalue weighted by atomic mass is 9.72. The number of hydrogen-bond acceptors (Lipinski definition) is 2. The van der Waals surface area contributed by atoms with E-state index in [-0.39, 0.29) is 0 Å². The minimum atomic E-state index is 0.371. The summed E-state index contributed by atoms with van der Waals surface area (Å²) >= 11 is 0. The summed E-state index contributed by atoms with van der Waals surface area (Å²) in [5.41, 5.74) is 0. The molecule has 2 heteroatoms. The molecule has 2 rings (SSSR count). The third kappa shape index (κ3) is 2.05. The fourth-order valence-electron chi connectivity index (χ4n) is 3.17. The molecule has 3 atom stereocenters. The molecule has 0 aromatic heterocycles. The number of aliphatic hydroxyl groups is 1. The molecule has 0 bridgehead atoms. The molecule has 1 saturated carbocycles. The van der Waals surface area contributed by atoms with E-state index < -0.39 is 0 Å². The van der Waals surface area contributed by atoms with E-state index in [1.54, 1.807) is 0 Å². The van der Waals surface area contributed by atoms with Crippen LogP contribution in [0.15, 0.2) is 0 Å². The van der Waals surface area contributed by atoms with E-state index in [4.69, 9.17) is 5.11 Å². The maximum atomic E-state index is 8.98. The lowest BCUT2D eigenvalue weighted by molar-refractivity contribution is 0.121. The van der Waals surface area contributed by atoms with Crippen LogP contribution in [0.4, 0.5) is 0 Å². The zero-order valence-corrected chi connectivity index (χ0v) is 8.34. The highest BCUT2D eigenvalue weighted by atomic mass is 16.3. The maximum Gasteiger partial charge on any atom is 0.0434 e. The molecule has 2 fully saturated rings. The van der Waals surface area contributed by atoms with Crippen LogP contribution in [0.5, 0.6) is 0 Å². The highest BCUT2D eigenvalue weighted by molar-refractivity contribution is 4.90. The highest BCUT2D eigenvalue weighted by Gasteiger charge is 2.33. The van der Waals surface area contributed by atoms with Gasteiger partial charge in [-0.05, 0) is 50.5 Å². The summed E-state index contributed by atoms with van der Waals surface area (Å²) in [6, 6.07) is 0.731. The topological polar surface area (TPSA) is 32.3 Å². The number of hydrogen-bond donors (Lipinski definition) is 2. The number of fused-ring (bicyclic) bond motifs is 1. The van der Waals surface area contributed by atoms with Crippen LogP contribution in [0.3, 0.4) is 0 Å². The van der Waals surface area contributed by atoms with E-state index in [1.807, 2.05) is 0 Å². The quantitative estimate of drug-likeness (QED) is 0.680. The molecule has 1 unspecified atom stereocenters. The Morgan fingerprint density at radius 2 is 2.00 bits per heavy atom. The van der Waals surface area contributed by atoms with E-state index >= 15 is 0 Å². The van der Waals surface area contributed by atoms with Crippen LogP contribution >= 0.6 is 0 Å². The second-order valence-corrected chi connectivity index (χ2v) is 4.59. The first kappa shape index (κ1) is 9.47. The van der Waals surface area contributed by atoms with E-state index in [1.165, 1.54) is 38.6 Å². The van der Waals surface area contributed by atoms with Gasteiger partial charge in [0.15, 0.2) is 0 Å². The van der Waals surface area contributed by atoms with Gasteiger partial charge < -0.3 is 10.4 Å². The summed E-state index contributed by atoms with van der Waals surface area (Å²) in [6.45, 7) is 1.57. The second kappa shape index (κ2) is 4.43. The first-order chi connectivity index (χ1) is 6.42. The van der Waals surface area contributed by atoms with Crippen LogP contribution in [0.2, 0.25) is 0 Å². The summed E-state index contributed by atoms with van der Waals surface area (Å²) < 4.78 is 0. The van der Waals surface area contributed by atoms with E-state index in [0.717, 1.165) is 24.3 Å². The molecule has 13 heavy (non-hydrogen) atoms. The van der Waals surface area contributed by atoms with Crippen LogP contribution in [-0.2, 0) is 0 Å². The molecule has 2 N–H and O–H groups in total. The van der Waals surface area contributed by atoms with Crippen LogP contribution in [0, 0.1) is 11.8 Å². The van der Waals surface area contributed by atoms with Gasteiger partial charge in [-0.3, -0.25) is 0 Å². The van der Waals surface area contributed by atoms with Gasteiger partial charge in [0.25, 0.3) is 0 Å². The fraction of sp³-hybridized carbons (Fsp3) is 1.00. The van der Waals surface area contributed by atoms with Gasteiger partial charge in [-0.1, -0.05) is 6.42 Å². The molecule has 1 saturated heterocycles. The first-order valence-corrected chi connectivity index (χ1v) is 5.76. The minimum Gasteiger partial charge on any atom is -0.396 e. The van der Waals surface area contributed by atoms with Crippen LogP contribution < -0.4 is 5.32 Å². The van der Waals surface area contributed by atoms with Crippen molar-refractivity contribution in [1.82, 2.24) is 5.32 Å². The molecule has 0 spiro atoms. The summed E-state index contributed by atoms with van der Waals surface area (Å²) in [5.74, 6) is 1.67. The molecule has 1 aliphatic carbocycles. The van der Waals surface area contributed by atoms with Crippen molar-refractivity contribution >= 4 is 0 Å². The van der Waals surface area contributed by atoms with Crippen molar-refractivity contribution in [2.45, 2.75) is 44.6 Å². The van der Waals surface area contributed by atoms with Gasteiger partial charge in [-0.2, -0.15) is 0 Å². The van der Waals surface area contributed by atoms with Crippen LogP contribution in [-0.4, -0.2) is 24.3 Å². The van der Waals surface area contributed by atoms with Crippen molar-refractivity contribution in [1.29, 1.82) is 0 Å². The normalized spacial score (nSPS) is 39.9. The monoisotopic (exact) mass is 183 g/mol. The second-order valence-electron chi connectivity index (χ2n) is 4.59. The molecule has 1 heterocycles. The minimum absolute atomic E-state index is 0.371. The van der Waals surface area contributed by atoms with Crippen LogP contribution in [0.1, 0.15) is 38.5 Å². The van der Waals surface area contributed by atoms with Crippen molar-refractivity contribution in [3.63, 3.8) is 0 Å². The van der Waals surface area contributed by atoms with Crippen molar-refractivity contribution in [2.24, 2.45) is 11.8 Å². The van der Waals surface area contributed by atoms with Crippen molar-refractivity contribution < 1.29 is 5.11 Å². The Morgan fingerprint density at radius 1 is 1.15 bits per heavy atom. The number of aliphatic hydroxyl groups excluding tert-OH is 1. The van der Waals surface area contributed by atoms with E-state index in [0.29, 0.717) is 6.61 Å². The van der Waals surface area contributed by atoms with Crippen LogP contribution in [0.25, 0.3) is 0 Å². The predicted octanol–water partition coefficient (Wildman–Crippen LogP) is 1.54. The fourth-order valence-corrected chi connectivity index (χ4v) is 3.17. The highest BCUT2D eigenvalue weighted by Crippen LogP contribution is 2.35. The molecule has 0 aromatic rings. The Kier molecular flexibility index (Phi) is 3.23. The largest absolute Gasteiger partial charge is 0.396 e. The number of nitrogens with one attached hydrogen (secondary N) is 1. The Balaban J connectivity index is 1.94. The van der Waals surface area contributed by atoms with Gasteiger partial charge in [-0.15, -0.1) is 0 Å². The summed E-state index contributed by atoms with van der Waals surface area (Å²) in [4.78, 5) is 0. The lowest BCUT2D eigenvalue weighted by Gasteiger charge is -2.42. The third-order valence-electron chi connectivity index (χ3n) is 3.80. The molecule has 1 aliphatic heterocycles. The molecule has 2 aliphatic rings. The Labute approximate surface area is 80.7 Å². The van der Waals surface area contributed by atoms with Crippen molar-refractivity contribution in [2.75, 3.05) is 13.2 Å². The summed E-state index contributed by atoms with van der Waals surface area (Å²) in [5, 5.41) is 12.6. The molecule has 0 amide bonds. The molecule has 2 nitrogen and oxygen atoms in total. The van der Waals surface area contributed by atoms with Gasteiger partial charge in [0.1, 0.15) is 0 Å². The van der Waals surface area contributed by atoms with E-state index in [2.05, 4.69) is 5.32 Å². The summed E-state index contributed by atoms with van der Waals surface area (Å²) in [7, 11) is 0. The molecule has 0 radical (unpaired) electrons. The average Bonchev–Trinajstić information content (AvgIpc) is 2.19. The standard InChI is InChI=1S/C11H21NO/c13-8-6-10-4-1-3-9-5-2-7-12-11(9)10/h9-13H,1-8H2/t9-,10?,11+/m1/s1. The SMILES string of the molecule is OCCC1CCC[C@@H]2CCCN[C@H]12. The van der Waals surface area contributed by atoms with Crippen molar-refractivity contribution in [3.8, 4) is 0 Å². The van der Waals surface area contributed by atoms with Gasteiger partial charge in [0.05, 0.1) is 0 Å². The Bertz CT molecular complexity index is 156. The Hall–Kier alpha value is -0.0800. The smallest absolute Gasteiger partial charge is 0.0434 e. The molecule has 0 aromatic carbocycles. The zero-order chi connectivity index (χ0) is 9.10. The van der Waals surface area contributed by atoms with E-state index in [9.17, 15) is 0 Å². The van der Waals surface area contributed by atoms with Crippen molar-refractivity contribution in [3.05, 3.63) is 0 Å². The lowest BCUT2D eigenvalue weighted by Crippen LogP contribution is -2.48. The number of rotatable bonds is 2. The van der Waals surface area contributed by atoms with Gasteiger partial charge >= 0.3 is 0 Å². The molecular weight excluding hydrogens is 162 g/mol. The van der Waals surface area contributed by atoms with Gasteiger partial charge in [0, 0.05) is 12.6 Å².